The van der Waals surface area contributed by atoms with E-state index >= 15 is 0 Å². The third kappa shape index (κ3) is 27.3. The first kappa shape index (κ1) is 45.7. The molecule has 1 rings (SSSR count). The van der Waals surface area contributed by atoms with Crippen LogP contribution < -0.4 is 5.19 Å². The van der Waals surface area contributed by atoms with Crippen LogP contribution in [-0.2, 0) is 12.3 Å². The van der Waals surface area contributed by atoms with Crippen molar-refractivity contribution >= 4 is 38.9 Å². The van der Waals surface area contributed by atoms with Gasteiger partial charge in [0, 0.05) is 45.7 Å². The molecule has 0 aliphatic carbocycles. The van der Waals surface area contributed by atoms with Crippen molar-refractivity contribution in [3.8, 4) is 0 Å². The van der Waals surface area contributed by atoms with Crippen molar-refractivity contribution in [3.05, 3.63) is 30.3 Å². The molecule has 3 nitrogen and oxygen atoms in total. The summed E-state index contributed by atoms with van der Waals surface area (Å²) in [6, 6.07) is 10.4. The minimum atomic E-state index is -2.48. The van der Waals surface area contributed by atoms with Gasteiger partial charge in [0.25, 0.3) is 0 Å². The van der Waals surface area contributed by atoms with Crippen molar-refractivity contribution in [1.82, 2.24) is 0 Å². The molecule has 18 heteroatoms. The monoisotopic (exact) mass is 582 g/mol. The highest BCUT2D eigenvalue weighted by atomic mass is 28.5. The number of halogens is 11. The van der Waals surface area contributed by atoms with Crippen molar-refractivity contribution < 1.29 is 62.8 Å². The molecule has 0 aliphatic rings. The van der Waals surface area contributed by atoms with Crippen LogP contribution in [0.15, 0.2) is 30.3 Å². The third-order valence-corrected chi connectivity index (χ3v) is 16.1. The van der Waals surface area contributed by atoms with E-state index in [1.807, 2.05) is 6.07 Å². The maximum absolute atomic E-state index is 8.00. The molecule has 0 radical (unpaired) electrons. The molecule has 204 valence electrons. The zero-order chi connectivity index (χ0) is 27.2. The Morgan fingerprint density at radius 2 is 0.788 bits per heavy atom. The summed E-state index contributed by atoms with van der Waals surface area (Å²) in [5.74, 6) is 0. The Labute approximate surface area is 191 Å². The van der Waals surface area contributed by atoms with Gasteiger partial charge in [0.05, 0.1) is 0 Å². The molecule has 0 aliphatic heterocycles. The average molecular weight is 583 g/mol. The molecular weight excluding hydrogens is 549 g/mol. The van der Waals surface area contributed by atoms with Crippen LogP contribution in [0.1, 0.15) is 0 Å². The fourth-order valence-electron chi connectivity index (χ4n) is 2.69. The molecule has 0 amide bonds. The minimum Gasteiger partial charge on any atom is -0.437 e. The number of benzene rings is 1. The standard InChI is InChI=1S/C15H32O3Si4.5F2.FH/c1-19(2,3)16-21(7,8)18-22(9,17-20(4,5)6)15-13-11-10-12-14-15;5*1-2;/h10-14H,1-9H3;;;;;;1H. The van der Waals surface area contributed by atoms with Crippen molar-refractivity contribution in [2.24, 2.45) is 0 Å². The van der Waals surface area contributed by atoms with E-state index in [0.717, 1.165) is 0 Å². The van der Waals surface area contributed by atoms with E-state index in [-0.39, 0.29) is 4.70 Å². The maximum atomic E-state index is 8.00. The normalized spacial score (nSPS) is 11.8. The Hall–Kier alpha value is -0.802. The van der Waals surface area contributed by atoms with E-state index in [4.69, 9.17) is 58.1 Å². The van der Waals surface area contributed by atoms with Crippen LogP contribution in [-0.4, -0.2) is 33.8 Å². The second-order valence-electron chi connectivity index (χ2n) is 8.24. The lowest BCUT2D eigenvalue weighted by molar-refractivity contribution is 0.108. The number of hydrogen-bond donors (Lipinski definition) is 0. The van der Waals surface area contributed by atoms with Crippen molar-refractivity contribution in [1.29, 1.82) is 0 Å². The van der Waals surface area contributed by atoms with Gasteiger partial charge in [0.1, 0.15) is 0 Å². The van der Waals surface area contributed by atoms with Gasteiger partial charge in [-0.05, 0) is 64.1 Å². The fraction of sp³-hybridized carbons (Fsp3) is 0.600. The van der Waals surface area contributed by atoms with Crippen LogP contribution in [0, 0.1) is 0 Å². The topological polar surface area (TPSA) is 27.7 Å². The first-order chi connectivity index (χ1) is 14.7. The van der Waals surface area contributed by atoms with Crippen molar-refractivity contribution in [3.63, 3.8) is 0 Å². The summed E-state index contributed by atoms with van der Waals surface area (Å²) in [6.07, 6.45) is 0. The summed E-state index contributed by atoms with van der Waals surface area (Å²) < 4.78 is 99.6. The molecule has 0 bridgehead atoms. The Morgan fingerprint density at radius 1 is 0.485 bits per heavy atom. The highest BCUT2D eigenvalue weighted by Gasteiger charge is 2.45. The van der Waals surface area contributed by atoms with Crippen LogP contribution >= 0.6 is 0 Å². The van der Waals surface area contributed by atoms with Gasteiger partial charge in [-0.15, -0.1) is 0 Å². The molecule has 0 spiro atoms. The summed E-state index contributed by atoms with van der Waals surface area (Å²) in [6.45, 7) is 19.8. The summed E-state index contributed by atoms with van der Waals surface area (Å²) in [5.41, 5.74) is 0. The summed E-state index contributed by atoms with van der Waals surface area (Å²) in [7, 11) is -8.07. The molecule has 0 saturated heterocycles. The SMILES string of the molecule is C[Si](C)(C)O[Si](C)(C)O[Si](C)(O[Si](C)(C)C)c1ccccc1.F.FF.FF.FF.FF.FF. The van der Waals surface area contributed by atoms with Gasteiger partial charge in [-0.1, -0.05) is 30.3 Å². The van der Waals surface area contributed by atoms with E-state index in [2.05, 4.69) is 83.2 Å². The van der Waals surface area contributed by atoms with Crippen LogP contribution in [0.2, 0.25) is 58.9 Å². The molecule has 33 heavy (non-hydrogen) atoms. The predicted octanol–water partition coefficient (Wildman–Crippen LogP) is 8.74. The third-order valence-electron chi connectivity index (χ3n) is 2.79. The first-order valence-corrected chi connectivity index (χ1v) is 20.5. The van der Waals surface area contributed by atoms with E-state index in [0.29, 0.717) is 0 Å². The summed E-state index contributed by atoms with van der Waals surface area (Å²) in [5, 5.41) is 1.19. The van der Waals surface area contributed by atoms with Gasteiger partial charge in [0.15, 0.2) is 16.6 Å². The molecule has 0 N–H and O–H groups in total. The van der Waals surface area contributed by atoms with Crippen LogP contribution in [0.3, 0.4) is 0 Å². The van der Waals surface area contributed by atoms with E-state index in [9.17, 15) is 0 Å². The quantitative estimate of drug-likeness (QED) is 0.238. The molecule has 1 atom stereocenters. The van der Waals surface area contributed by atoms with Crippen molar-refractivity contribution in [2.75, 3.05) is 0 Å². The van der Waals surface area contributed by atoms with Gasteiger partial charge < -0.3 is 12.3 Å². The van der Waals surface area contributed by atoms with Crippen LogP contribution in [0.5, 0.6) is 0 Å². The lowest BCUT2D eigenvalue weighted by Gasteiger charge is -2.41. The van der Waals surface area contributed by atoms with E-state index in [1.54, 1.807) is 0 Å². The van der Waals surface area contributed by atoms with Gasteiger partial charge in [-0.2, -0.15) is 0 Å². The average Bonchev–Trinajstić information content (AvgIpc) is 2.72. The van der Waals surface area contributed by atoms with Gasteiger partial charge in [0.2, 0.25) is 0 Å². The van der Waals surface area contributed by atoms with Crippen molar-refractivity contribution in [2.45, 2.75) is 58.9 Å². The van der Waals surface area contributed by atoms with E-state index in [1.165, 1.54) is 5.19 Å². The number of rotatable bonds is 7. The zero-order valence-corrected chi connectivity index (χ0v) is 23.8. The van der Waals surface area contributed by atoms with Gasteiger partial charge in [-0.3, -0.25) is 4.70 Å². The smallest absolute Gasteiger partial charge is 0.350 e. The fourth-order valence-corrected chi connectivity index (χ4v) is 19.8. The Kier molecular flexibility index (Phi) is 33.7. The maximum Gasteiger partial charge on any atom is 0.350 e. The molecular formula is C15H33F11O3Si4. The highest BCUT2D eigenvalue weighted by molar-refractivity contribution is 6.94. The zero-order valence-electron chi connectivity index (χ0n) is 19.8. The molecule has 0 heterocycles. The lowest BCUT2D eigenvalue weighted by atomic mass is 10.4. The molecule has 1 aromatic rings. The van der Waals surface area contributed by atoms with Gasteiger partial charge >= 0.3 is 17.1 Å². The molecule has 0 saturated carbocycles. The predicted molar refractivity (Wildman–Crippen MR) is 119 cm³/mol. The van der Waals surface area contributed by atoms with E-state index < -0.39 is 33.8 Å². The highest BCUT2D eigenvalue weighted by Crippen LogP contribution is 2.24. The molecule has 1 unspecified atom stereocenters. The Balaban J connectivity index is -0.000000146. The molecule has 1 aromatic carbocycles. The molecule has 0 fully saturated rings. The molecule has 0 aromatic heterocycles. The summed E-state index contributed by atoms with van der Waals surface area (Å²) in [4.78, 5) is 0. The second kappa shape index (κ2) is 24.3. The second-order valence-corrected chi connectivity index (χ2v) is 24.4. The van der Waals surface area contributed by atoms with Crippen LogP contribution in [0.25, 0.3) is 0 Å². The lowest BCUT2D eigenvalue weighted by Crippen LogP contribution is -2.62. The van der Waals surface area contributed by atoms with Gasteiger partial charge in [-0.25, -0.2) is 0 Å². The minimum absolute atomic E-state index is 0. The first-order valence-electron chi connectivity index (χ1n) is 8.60. The Bertz CT molecular complexity index is 510. The Morgan fingerprint density at radius 3 is 1.06 bits per heavy atom. The van der Waals surface area contributed by atoms with Crippen LogP contribution in [0.4, 0.5) is 50.4 Å². The summed E-state index contributed by atoms with van der Waals surface area (Å²) >= 11 is 0. The number of hydrogen-bond acceptors (Lipinski definition) is 3. The largest absolute Gasteiger partial charge is 0.437 e.